The van der Waals surface area contributed by atoms with Crippen LogP contribution in [-0.4, -0.2) is 37.1 Å². The SMILES string of the molecule is CCCC(C)CN1CC2(CC([C@@H](C)CNC(C)CCC)C2)C1. The van der Waals surface area contributed by atoms with Crippen LogP contribution < -0.4 is 5.32 Å². The molecule has 2 rings (SSSR count). The topological polar surface area (TPSA) is 15.3 Å². The first-order valence-corrected chi connectivity index (χ1v) is 9.93. The van der Waals surface area contributed by atoms with E-state index in [9.17, 15) is 0 Å². The zero-order valence-electron chi connectivity index (χ0n) is 15.8. The van der Waals surface area contributed by atoms with Gasteiger partial charge in [0.15, 0.2) is 0 Å². The molecule has 0 aromatic carbocycles. The van der Waals surface area contributed by atoms with Crippen molar-refractivity contribution in [2.45, 2.75) is 79.2 Å². The summed E-state index contributed by atoms with van der Waals surface area (Å²) in [4.78, 5) is 2.71. The summed E-state index contributed by atoms with van der Waals surface area (Å²) in [6.07, 6.45) is 8.33. The maximum absolute atomic E-state index is 3.73. The van der Waals surface area contributed by atoms with Crippen molar-refractivity contribution >= 4 is 0 Å². The summed E-state index contributed by atoms with van der Waals surface area (Å²) < 4.78 is 0. The van der Waals surface area contributed by atoms with Gasteiger partial charge in [0.25, 0.3) is 0 Å². The van der Waals surface area contributed by atoms with Gasteiger partial charge in [-0.2, -0.15) is 0 Å². The molecule has 1 N–H and O–H groups in total. The van der Waals surface area contributed by atoms with Crippen LogP contribution in [0.5, 0.6) is 0 Å². The molecule has 2 fully saturated rings. The molecule has 130 valence electrons. The number of nitrogens with one attached hydrogen (secondary N) is 1. The van der Waals surface area contributed by atoms with Crippen LogP contribution in [0.3, 0.4) is 0 Å². The van der Waals surface area contributed by atoms with Crippen LogP contribution in [0.4, 0.5) is 0 Å². The van der Waals surface area contributed by atoms with Crippen molar-refractivity contribution in [3.8, 4) is 0 Å². The first-order chi connectivity index (χ1) is 10.5. The summed E-state index contributed by atoms with van der Waals surface area (Å²) >= 11 is 0. The first kappa shape index (κ1) is 18.3. The van der Waals surface area contributed by atoms with E-state index in [4.69, 9.17) is 0 Å². The van der Waals surface area contributed by atoms with Crippen LogP contribution in [-0.2, 0) is 0 Å². The largest absolute Gasteiger partial charge is 0.314 e. The molecule has 0 radical (unpaired) electrons. The third-order valence-corrected chi connectivity index (χ3v) is 6.17. The van der Waals surface area contributed by atoms with E-state index in [0.29, 0.717) is 6.04 Å². The van der Waals surface area contributed by atoms with Crippen molar-refractivity contribution in [2.75, 3.05) is 26.2 Å². The smallest absolute Gasteiger partial charge is 0.00508 e. The van der Waals surface area contributed by atoms with Gasteiger partial charge < -0.3 is 10.2 Å². The fraction of sp³-hybridized carbons (Fsp3) is 1.00. The van der Waals surface area contributed by atoms with Crippen LogP contribution in [0.15, 0.2) is 0 Å². The predicted octanol–water partition coefficient (Wildman–Crippen LogP) is 4.55. The summed E-state index contributed by atoms with van der Waals surface area (Å²) in [6, 6.07) is 0.695. The Kier molecular flexibility index (Phi) is 6.76. The van der Waals surface area contributed by atoms with Crippen molar-refractivity contribution in [2.24, 2.45) is 23.2 Å². The van der Waals surface area contributed by atoms with Gasteiger partial charge in [-0.3, -0.25) is 0 Å². The summed E-state index contributed by atoms with van der Waals surface area (Å²) in [5.41, 5.74) is 0.736. The lowest BCUT2D eigenvalue weighted by Gasteiger charge is -2.61. The summed E-state index contributed by atoms with van der Waals surface area (Å²) in [6.45, 7) is 17.1. The molecular weight excluding hydrogens is 268 g/mol. The molecule has 1 heterocycles. The number of rotatable bonds is 10. The van der Waals surface area contributed by atoms with Crippen LogP contribution >= 0.6 is 0 Å². The Bertz CT molecular complexity index is 314. The average Bonchev–Trinajstić information content (AvgIpc) is 2.38. The van der Waals surface area contributed by atoms with Gasteiger partial charge in [-0.15, -0.1) is 0 Å². The molecule has 1 spiro atoms. The summed E-state index contributed by atoms with van der Waals surface area (Å²) in [7, 11) is 0. The number of nitrogens with zero attached hydrogens (tertiary/aromatic N) is 1. The zero-order valence-corrected chi connectivity index (χ0v) is 15.8. The molecule has 2 heteroatoms. The summed E-state index contributed by atoms with van der Waals surface area (Å²) in [5.74, 6) is 2.73. The van der Waals surface area contributed by atoms with E-state index in [1.165, 1.54) is 64.7 Å². The first-order valence-electron chi connectivity index (χ1n) is 9.93. The van der Waals surface area contributed by atoms with Crippen LogP contribution in [0.2, 0.25) is 0 Å². The van der Waals surface area contributed by atoms with E-state index in [-0.39, 0.29) is 0 Å². The predicted molar refractivity (Wildman–Crippen MR) is 97.2 cm³/mol. The van der Waals surface area contributed by atoms with Crippen molar-refractivity contribution in [3.63, 3.8) is 0 Å². The Labute approximate surface area is 139 Å². The highest BCUT2D eigenvalue weighted by Crippen LogP contribution is 2.54. The Hall–Kier alpha value is -0.0800. The van der Waals surface area contributed by atoms with Gasteiger partial charge in [-0.05, 0) is 62.3 Å². The van der Waals surface area contributed by atoms with Gasteiger partial charge >= 0.3 is 0 Å². The molecule has 0 bridgehead atoms. The van der Waals surface area contributed by atoms with Crippen LogP contribution in [0.25, 0.3) is 0 Å². The normalized spacial score (nSPS) is 25.5. The van der Waals surface area contributed by atoms with E-state index in [1.54, 1.807) is 0 Å². The second kappa shape index (κ2) is 8.15. The Morgan fingerprint density at radius 2 is 1.68 bits per heavy atom. The van der Waals surface area contributed by atoms with E-state index in [1.807, 2.05) is 0 Å². The summed E-state index contributed by atoms with van der Waals surface area (Å²) in [5, 5.41) is 3.73. The minimum Gasteiger partial charge on any atom is -0.314 e. The van der Waals surface area contributed by atoms with Gasteiger partial charge in [0.05, 0.1) is 0 Å². The molecule has 0 amide bonds. The fourth-order valence-electron chi connectivity index (χ4n) is 4.86. The molecule has 22 heavy (non-hydrogen) atoms. The third-order valence-electron chi connectivity index (χ3n) is 6.17. The van der Waals surface area contributed by atoms with Crippen molar-refractivity contribution in [3.05, 3.63) is 0 Å². The van der Waals surface area contributed by atoms with Crippen molar-refractivity contribution in [1.29, 1.82) is 0 Å². The molecule has 0 aromatic heterocycles. The lowest BCUT2D eigenvalue weighted by Crippen LogP contribution is -2.63. The lowest BCUT2D eigenvalue weighted by atomic mass is 9.55. The Morgan fingerprint density at radius 1 is 1.05 bits per heavy atom. The second-order valence-corrected chi connectivity index (χ2v) is 8.81. The minimum absolute atomic E-state index is 0.695. The maximum Gasteiger partial charge on any atom is 0.00508 e. The second-order valence-electron chi connectivity index (χ2n) is 8.81. The molecule has 1 saturated heterocycles. The van der Waals surface area contributed by atoms with Gasteiger partial charge in [0.1, 0.15) is 0 Å². The highest BCUT2D eigenvalue weighted by Gasteiger charge is 2.52. The Balaban J connectivity index is 1.58. The standard InChI is InChI=1S/C20H40N2/c1-6-8-16(3)13-22-14-20(15-22)10-19(11-20)17(4)12-21-18(5)9-7-2/h16-19,21H,6-15H2,1-5H3/t16?,17-,18?/m0/s1. The lowest BCUT2D eigenvalue weighted by molar-refractivity contribution is -0.111. The van der Waals surface area contributed by atoms with Gasteiger partial charge in [0, 0.05) is 25.7 Å². The van der Waals surface area contributed by atoms with E-state index < -0.39 is 0 Å². The molecule has 2 unspecified atom stereocenters. The van der Waals surface area contributed by atoms with Crippen LogP contribution in [0.1, 0.15) is 73.1 Å². The van der Waals surface area contributed by atoms with Gasteiger partial charge in [0.2, 0.25) is 0 Å². The maximum atomic E-state index is 3.73. The molecule has 1 saturated carbocycles. The number of hydrogen-bond acceptors (Lipinski definition) is 2. The van der Waals surface area contributed by atoms with Crippen LogP contribution in [0, 0.1) is 23.2 Å². The monoisotopic (exact) mass is 308 g/mol. The third kappa shape index (κ3) is 4.71. The molecular formula is C20H40N2. The zero-order chi connectivity index (χ0) is 16.2. The van der Waals surface area contributed by atoms with Crippen molar-refractivity contribution < 1.29 is 0 Å². The highest BCUT2D eigenvalue weighted by molar-refractivity contribution is 5.05. The fourth-order valence-corrected chi connectivity index (χ4v) is 4.86. The molecule has 2 nitrogen and oxygen atoms in total. The Morgan fingerprint density at radius 3 is 2.27 bits per heavy atom. The molecule has 1 aliphatic heterocycles. The number of hydrogen-bond donors (Lipinski definition) is 1. The van der Waals surface area contributed by atoms with E-state index in [0.717, 1.165) is 23.2 Å². The molecule has 1 aliphatic carbocycles. The van der Waals surface area contributed by atoms with Crippen molar-refractivity contribution in [1.82, 2.24) is 10.2 Å². The molecule has 0 aromatic rings. The van der Waals surface area contributed by atoms with E-state index >= 15 is 0 Å². The average molecular weight is 309 g/mol. The molecule has 2 aliphatic rings. The van der Waals surface area contributed by atoms with Gasteiger partial charge in [-0.25, -0.2) is 0 Å². The minimum atomic E-state index is 0.695. The highest BCUT2D eigenvalue weighted by atomic mass is 15.2. The quantitative estimate of drug-likeness (QED) is 0.637. The van der Waals surface area contributed by atoms with Gasteiger partial charge in [-0.1, -0.05) is 40.5 Å². The number of likely N-dealkylation sites (tertiary alicyclic amines) is 1. The van der Waals surface area contributed by atoms with E-state index in [2.05, 4.69) is 44.8 Å². The molecule has 3 atom stereocenters.